The van der Waals surface area contributed by atoms with Crippen molar-refractivity contribution in [3.05, 3.63) is 0 Å². The average Bonchev–Trinajstić information content (AvgIpc) is 2.55. The van der Waals surface area contributed by atoms with Crippen LogP contribution in [0, 0.1) is 0 Å². The normalized spacial score (nSPS) is 10.7. The van der Waals surface area contributed by atoms with E-state index >= 15 is 0 Å². The lowest BCUT2D eigenvalue weighted by molar-refractivity contribution is -0.137. The van der Waals surface area contributed by atoms with Gasteiger partial charge in [-0.3, -0.25) is 9.59 Å². The van der Waals surface area contributed by atoms with Crippen LogP contribution in [0.1, 0.15) is 110 Å². The van der Waals surface area contributed by atoms with Gasteiger partial charge in [0.15, 0.2) is 0 Å². The van der Waals surface area contributed by atoms with Crippen molar-refractivity contribution >= 4 is 11.9 Å². The molecule has 0 saturated heterocycles. The zero-order chi connectivity index (χ0) is 17.9. The molecule has 1 amide bonds. The number of nitrogens with one attached hydrogen (secondary N) is 1. The van der Waals surface area contributed by atoms with Crippen molar-refractivity contribution in [3.8, 4) is 0 Å². The highest BCUT2D eigenvalue weighted by Crippen LogP contribution is 2.10. The predicted octanol–water partition coefficient (Wildman–Crippen LogP) is 5.45. The molecule has 0 aromatic heterocycles. The van der Waals surface area contributed by atoms with E-state index in [1.807, 2.05) is 0 Å². The first-order valence-electron chi connectivity index (χ1n) is 10.1. The van der Waals surface area contributed by atoms with Gasteiger partial charge in [-0.15, -0.1) is 0 Å². The summed E-state index contributed by atoms with van der Waals surface area (Å²) < 4.78 is 0. The molecule has 0 aromatic carbocycles. The molecule has 24 heavy (non-hydrogen) atoms. The van der Waals surface area contributed by atoms with Crippen LogP contribution in [0.5, 0.6) is 0 Å². The van der Waals surface area contributed by atoms with Crippen LogP contribution in [-0.2, 0) is 9.59 Å². The Morgan fingerprint density at radius 3 is 1.67 bits per heavy atom. The fraction of sp³-hybridized carbons (Fsp3) is 0.900. The number of carboxylic acid groups (broad SMARTS) is 1. The fourth-order valence-electron chi connectivity index (χ4n) is 2.84. The minimum atomic E-state index is -0.682. The van der Waals surface area contributed by atoms with Crippen LogP contribution >= 0.6 is 0 Å². The molecule has 142 valence electrons. The Hall–Kier alpha value is -1.06. The zero-order valence-corrected chi connectivity index (χ0v) is 15.8. The summed E-state index contributed by atoms with van der Waals surface area (Å²) in [5.74, 6) is -0.466. The maximum Gasteiger partial charge on any atom is 0.303 e. The smallest absolute Gasteiger partial charge is 0.303 e. The third kappa shape index (κ3) is 19.0. The Morgan fingerprint density at radius 2 is 1.12 bits per heavy atom. The van der Waals surface area contributed by atoms with Gasteiger partial charge in [-0.2, -0.15) is 0 Å². The molecule has 0 aromatic rings. The van der Waals surface area contributed by atoms with E-state index in [-0.39, 0.29) is 5.91 Å². The van der Waals surface area contributed by atoms with E-state index in [0.29, 0.717) is 12.8 Å². The van der Waals surface area contributed by atoms with E-state index in [2.05, 4.69) is 12.2 Å². The molecule has 0 bridgehead atoms. The van der Waals surface area contributed by atoms with Crippen molar-refractivity contribution < 1.29 is 14.7 Å². The van der Waals surface area contributed by atoms with E-state index in [1.54, 1.807) is 0 Å². The van der Waals surface area contributed by atoms with Crippen molar-refractivity contribution in [2.24, 2.45) is 0 Å². The molecule has 0 saturated carbocycles. The third-order valence-electron chi connectivity index (χ3n) is 4.40. The van der Waals surface area contributed by atoms with E-state index in [1.165, 1.54) is 57.8 Å². The quantitative estimate of drug-likeness (QED) is 0.326. The van der Waals surface area contributed by atoms with Gasteiger partial charge in [-0.1, -0.05) is 77.6 Å². The molecule has 0 aliphatic heterocycles. The molecular weight excluding hydrogens is 302 g/mol. The highest BCUT2D eigenvalue weighted by atomic mass is 16.4. The summed E-state index contributed by atoms with van der Waals surface area (Å²) in [4.78, 5) is 22.0. The molecule has 0 fully saturated rings. The molecule has 0 unspecified atom stereocenters. The lowest BCUT2D eigenvalue weighted by Crippen LogP contribution is -2.23. The summed E-state index contributed by atoms with van der Waals surface area (Å²) in [7, 11) is 0. The average molecular weight is 342 g/mol. The minimum Gasteiger partial charge on any atom is -0.481 e. The SMILES string of the molecule is CCCCCCCC(=O)NCCCCCCCCCCCC(=O)O. The number of carboxylic acids is 1. The monoisotopic (exact) mass is 341 g/mol. The van der Waals surface area contributed by atoms with E-state index in [0.717, 1.165) is 38.6 Å². The van der Waals surface area contributed by atoms with Gasteiger partial charge >= 0.3 is 5.97 Å². The second-order valence-electron chi connectivity index (χ2n) is 6.84. The van der Waals surface area contributed by atoms with E-state index in [9.17, 15) is 9.59 Å². The molecule has 0 radical (unpaired) electrons. The summed E-state index contributed by atoms with van der Waals surface area (Å²) in [6, 6.07) is 0. The van der Waals surface area contributed by atoms with Gasteiger partial charge in [0.1, 0.15) is 0 Å². The van der Waals surface area contributed by atoms with Crippen molar-refractivity contribution in [2.45, 2.75) is 110 Å². The summed E-state index contributed by atoms with van der Waals surface area (Å²) >= 11 is 0. The van der Waals surface area contributed by atoms with Gasteiger partial charge in [0.2, 0.25) is 5.91 Å². The van der Waals surface area contributed by atoms with Crippen LogP contribution in [0.4, 0.5) is 0 Å². The second-order valence-corrected chi connectivity index (χ2v) is 6.84. The van der Waals surface area contributed by atoms with Crippen molar-refractivity contribution in [2.75, 3.05) is 6.54 Å². The largest absolute Gasteiger partial charge is 0.481 e. The molecule has 4 nitrogen and oxygen atoms in total. The predicted molar refractivity (Wildman–Crippen MR) is 100 cm³/mol. The topological polar surface area (TPSA) is 66.4 Å². The number of aliphatic carboxylic acids is 1. The zero-order valence-electron chi connectivity index (χ0n) is 15.8. The molecule has 0 heterocycles. The summed E-state index contributed by atoms with van der Waals surface area (Å²) in [6.07, 6.45) is 17.2. The van der Waals surface area contributed by atoms with E-state index < -0.39 is 5.97 Å². The first-order chi connectivity index (χ1) is 11.7. The molecule has 0 aliphatic carbocycles. The molecule has 4 heteroatoms. The fourth-order valence-corrected chi connectivity index (χ4v) is 2.84. The molecule has 0 atom stereocenters. The Bertz CT molecular complexity index is 305. The molecule has 2 N–H and O–H groups in total. The maximum atomic E-state index is 11.6. The van der Waals surface area contributed by atoms with Crippen molar-refractivity contribution in [1.29, 1.82) is 0 Å². The van der Waals surface area contributed by atoms with Crippen LogP contribution < -0.4 is 5.32 Å². The molecular formula is C20H39NO3. The first-order valence-corrected chi connectivity index (χ1v) is 10.1. The number of hydrogen-bond acceptors (Lipinski definition) is 2. The lowest BCUT2D eigenvalue weighted by atomic mass is 10.1. The van der Waals surface area contributed by atoms with Gasteiger partial charge in [0.25, 0.3) is 0 Å². The lowest BCUT2D eigenvalue weighted by Gasteiger charge is -2.05. The summed E-state index contributed by atoms with van der Waals surface area (Å²) in [6.45, 7) is 3.03. The number of carbonyl (C=O) groups is 2. The van der Waals surface area contributed by atoms with Gasteiger partial charge in [-0.05, 0) is 19.3 Å². The standard InChI is InChI=1S/C20H39NO3/c1-2-3-4-10-13-16-19(22)21-18-15-12-9-7-5-6-8-11-14-17-20(23)24/h2-18H2,1H3,(H,21,22)(H,23,24). The van der Waals surface area contributed by atoms with Crippen molar-refractivity contribution in [1.82, 2.24) is 5.32 Å². The van der Waals surface area contributed by atoms with Crippen LogP contribution in [0.3, 0.4) is 0 Å². The van der Waals surface area contributed by atoms with Crippen LogP contribution in [0.2, 0.25) is 0 Å². The molecule has 0 rings (SSSR count). The highest BCUT2D eigenvalue weighted by molar-refractivity contribution is 5.75. The van der Waals surface area contributed by atoms with Gasteiger partial charge in [0.05, 0.1) is 0 Å². The van der Waals surface area contributed by atoms with Crippen LogP contribution in [-0.4, -0.2) is 23.5 Å². The number of rotatable bonds is 18. The Balaban J connectivity index is 3.13. The van der Waals surface area contributed by atoms with Gasteiger partial charge in [0, 0.05) is 19.4 Å². The first kappa shape index (κ1) is 22.9. The number of amides is 1. The number of unbranched alkanes of at least 4 members (excludes halogenated alkanes) is 12. The van der Waals surface area contributed by atoms with Crippen molar-refractivity contribution in [3.63, 3.8) is 0 Å². The third-order valence-corrected chi connectivity index (χ3v) is 4.40. The van der Waals surface area contributed by atoms with Gasteiger partial charge < -0.3 is 10.4 Å². The Morgan fingerprint density at radius 1 is 0.667 bits per heavy atom. The van der Waals surface area contributed by atoms with Crippen LogP contribution in [0.25, 0.3) is 0 Å². The highest BCUT2D eigenvalue weighted by Gasteiger charge is 2.00. The number of carbonyl (C=O) groups excluding carboxylic acids is 1. The van der Waals surface area contributed by atoms with Gasteiger partial charge in [-0.25, -0.2) is 0 Å². The maximum absolute atomic E-state index is 11.6. The number of hydrogen-bond donors (Lipinski definition) is 2. The summed E-state index contributed by atoms with van der Waals surface area (Å²) in [5, 5.41) is 11.6. The minimum absolute atomic E-state index is 0.216. The van der Waals surface area contributed by atoms with E-state index in [4.69, 9.17) is 5.11 Å². The van der Waals surface area contributed by atoms with Crippen LogP contribution in [0.15, 0.2) is 0 Å². The Kier molecular flexibility index (Phi) is 17.5. The molecule has 0 spiro atoms. The molecule has 0 aliphatic rings. The summed E-state index contributed by atoms with van der Waals surface area (Å²) in [5.41, 5.74) is 0. The Labute approximate surface area is 148 Å². The second kappa shape index (κ2) is 18.3.